The number of rotatable bonds is 9. The van der Waals surface area contributed by atoms with Crippen molar-refractivity contribution in [1.82, 2.24) is 25.1 Å². The Hall–Kier alpha value is -2.39. The molecular weight excluding hydrogens is 428 g/mol. The van der Waals surface area contributed by atoms with E-state index in [1.54, 1.807) is 11.3 Å². The molecule has 2 aromatic heterocycles. The second kappa shape index (κ2) is 10.8. The first-order valence-electron chi connectivity index (χ1n) is 10.8. The topological polar surface area (TPSA) is 84.7 Å². The monoisotopic (exact) mass is 456 g/mol. The molecule has 164 valence electrons. The van der Waals surface area contributed by atoms with Gasteiger partial charge >= 0.3 is 0 Å². The van der Waals surface area contributed by atoms with Gasteiger partial charge in [0.25, 0.3) is 0 Å². The Bertz CT molecular complexity index is 981. The van der Waals surface area contributed by atoms with Gasteiger partial charge in [0.2, 0.25) is 5.91 Å². The van der Waals surface area contributed by atoms with Gasteiger partial charge in [0.05, 0.1) is 18.0 Å². The number of carbonyl (C=O) groups is 1. The molecule has 2 N–H and O–H groups in total. The van der Waals surface area contributed by atoms with E-state index < -0.39 is 0 Å². The molecule has 0 bridgehead atoms. The highest BCUT2D eigenvalue weighted by molar-refractivity contribution is 7.99. The van der Waals surface area contributed by atoms with Crippen molar-refractivity contribution >= 4 is 34.1 Å². The first-order chi connectivity index (χ1) is 15.2. The molecule has 0 atom stereocenters. The molecule has 1 aliphatic carbocycles. The van der Waals surface area contributed by atoms with E-state index in [2.05, 4.69) is 54.8 Å². The summed E-state index contributed by atoms with van der Waals surface area (Å²) in [6, 6.07) is 10.5. The highest BCUT2D eigenvalue weighted by Gasteiger charge is 2.17. The van der Waals surface area contributed by atoms with Gasteiger partial charge in [-0.2, -0.15) is 0 Å². The maximum atomic E-state index is 12.3. The smallest absolute Gasteiger partial charge is 0.230 e. The van der Waals surface area contributed by atoms with Crippen molar-refractivity contribution in [2.75, 3.05) is 11.1 Å². The number of nitrogens with zero attached hydrogens (tertiary/aromatic N) is 4. The molecule has 7 nitrogen and oxygen atoms in total. The van der Waals surface area contributed by atoms with E-state index in [1.807, 2.05) is 18.2 Å². The molecule has 1 aromatic carbocycles. The summed E-state index contributed by atoms with van der Waals surface area (Å²) in [5.41, 5.74) is 2.07. The molecule has 1 amide bonds. The number of nitrogens with one attached hydrogen (secondary N) is 2. The van der Waals surface area contributed by atoms with Crippen molar-refractivity contribution in [3.63, 3.8) is 0 Å². The van der Waals surface area contributed by atoms with Crippen molar-refractivity contribution in [2.45, 2.75) is 63.3 Å². The summed E-state index contributed by atoms with van der Waals surface area (Å²) >= 11 is 3.03. The fraction of sp³-hybridized carbons (Fsp3) is 0.455. The molecule has 0 aliphatic heterocycles. The largest absolute Gasteiger partial charge is 0.354 e. The van der Waals surface area contributed by atoms with E-state index in [4.69, 9.17) is 0 Å². The van der Waals surface area contributed by atoms with Crippen molar-refractivity contribution < 1.29 is 4.79 Å². The zero-order chi connectivity index (χ0) is 21.5. The van der Waals surface area contributed by atoms with Crippen LogP contribution in [-0.4, -0.2) is 37.5 Å². The Morgan fingerprint density at radius 3 is 2.77 bits per heavy atom. The van der Waals surface area contributed by atoms with Gasteiger partial charge in [-0.15, -0.1) is 21.5 Å². The zero-order valence-electron chi connectivity index (χ0n) is 17.7. The molecule has 1 fully saturated rings. The maximum Gasteiger partial charge on any atom is 0.230 e. The van der Waals surface area contributed by atoms with Crippen molar-refractivity contribution in [3.05, 3.63) is 41.5 Å². The lowest BCUT2D eigenvalue weighted by atomic mass is 9.95. The van der Waals surface area contributed by atoms with E-state index >= 15 is 0 Å². The predicted octanol–water partition coefficient (Wildman–Crippen LogP) is 4.57. The summed E-state index contributed by atoms with van der Waals surface area (Å²) in [4.78, 5) is 17.0. The lowest BCUT2D eigenvalue weighted by Gasteiger charge is -2.22. The van der Waals surface area contributed by atoms with E-state index in [1.165, 1.54) is 31.0 Å². The minimum Gasteiger partial charge on any atom is -0.354 e. The third kappa shape index (κ3) is 5.86. The minimum absolute atomic E-state index is 0.0819. The van der Waals surface area contributed by atoms with E-state index in [-0.39, 0.29) is 5.91 Å². The molecule has 31 heavy (non-hydrogen) atoms. The van der Waals surface area contributed by atoms with Gasteiger partial charge in [-0.3, -0.25) is 4.79 Å². The van der Waals surface area contributed by atoms with Crippen LogP contribution in [0.25, 0.3) is 11.3 Å². The normalized spacial score (nSPS) is 14.5. The summed E-state index contributed by atoms with van der Waals surface area (Å²) in [6.45, 7) is 3.36. The summed E-state index contributed by atoms with van der Waals surface area (Å²) in [7, 11) is 0. The second-order valence-corrected chi connectivity index (χ2v) is 9.39. The van der Waals surface area contributed by atoms with Crippen LogP contribution in [-0.2, 0) is 17.9 Å². The van der Waals surface area contributed by atoms with Crippen LogP contribution in [0.3, 0.4) is 0 Å². The van der Waals surface area contributed by atoms with Gasteiger partial charge in [0.1, 0.15) is 0 Å². The van der Waals surface area contributed by atoms with Crippen LogP contribution in [0.15, 0.2) is 40.9 Å². The molecule has 0 saturated heterocycles. The number of aromatic nitrogens is 4. The Balaban J connectivity index is 1.31. The second-order valence-electron chi connectivity index (χ2n) is 7.59. The molecule has 1 saturated carbocycles. The highest BCUT2D eigenvalue weighted by atomic mass is 32.2. The number of hydrogen-bond acceptors (Lipinski definition) is 7. The molecule has 0 unspecified atom stereocenters. The summed E-state index contributed by atoms with van der Waals surface area (Å²) in [5, 5.41) is 18.8. The lowest BCUT2D eigenvalue weighted by Crippen LogP contribution is -2.37. The molecule has 2 heterocycles. The van der Waals surface area contributed by atoms with Crippen LogP contribution in [0.1, 0.15) is 44.9 Å². The summed E-state index contributed by atoms with van der Waals surface area (Å²) in [5.74, 6) is 1.29. The Kier molecular flexibility index (Phi) is 7.58. The maximum absolute atomic E-state index is 12.3. The standard InChI is InChI=1S/C22H28N6OS2/c1-2-28-19(13-23-21-25-18(14-30-21)16-9-5-3-6-10-16)26-27-22(28)31-15-20(29)24-17-11-7-4-8-12-17/h3,5-6,9-10,14,17H,2,4,7-8,11-13,15H2,1H3,(H,23,25)(H,24,29). The van der Waals surface area contributed by atoms with Gasteiger partial charge in [0, 0.05) is 23.5 Å². The van der Waals surface area contributed by atoms with Crippen molar-refractivity contribution in [2.24, 2.45) is 0 Å². The van der Waals surface area contributed by atoms with Crippen LogP contribution in [0.5, 0.6) is 0 Å². The Morgan fingerprint density at radius 1 is 1.19 bits per heavy atom. The number of benzene rings is 1. The van der Waals surface area contributed by atoms with Crippen molar-refractivity contribution in [3.8, 4) is 11.3 Å². The number of thioether (sulfide) groups is 1. The molecule has 1 aliphatic rings. The van der Waals surface area contributed by atoms with Crippen LogP contribution in [0, 0.1) is 0 Å². The van der Waals surface area contributed by atoms with Crippen molar-refractivity contribution in [1.29, 1.82) is 0 Å². The molecule has 0 spiro atoms. The molecular formula is C22H28N6OS2. The number of thiazole rings is 1. The Morgan fingerprint density at radius 2 is 2.00 bits per heavy atom. The molecule has 0 radical (unpaired) electrons. The average Bonchev–Trinajstić information content (AvgIpc) is 3.44. The Labute approximate surface area is 191 Å². The van der Waals surface area contributed by atoms with Gasteiger partial charge in [-0.1, -0.05) is 61.4 Å². The third-order valence-electron chi connectivity index (χ3n) is 5.38. The first-order valence-corrected chi connectivity index (χ1v) is 12.7. The van der Waals surface area contributed by atoms with E-state index in [0.29, 0.717) is 18.3 Å². The van der Waals surface area contributed by atoms with Gasteiger partial charge in [-0.25, -0.2) is 4.98 Å². The SMILES string of the molecule is CCn1c(CNc2nc(-c3ccccc3)cs2)nnc1SCC(=O)NC1CCCCC1. The predicted molar refractivity (Wildman–Crippen MR) is 126 cm³/mol. The fourth-order valence-electron chi connectivity index (χ4n) is 3.77. The lowest BCUT2D eigenvalue weighted by molar-refractivity contribution is -0.119. The first kappa shape index (κ1) is 21.8. The molecule has 3 aromatic rings. The number of amides is 1. The van der Waals surface area contributed by atoms with Crippen LogP contribution in [0.4, 0.5) is 5.13 Å². The molecule has 9 heteroatoms. The number of hydrogen-bond donors (Lipinski definition) is 2. The fourth-order valence-corrected chi connectivity index (χ4v) is 5.32. The van der Waals surface area contributed by atoms with Gasteiger partial charge in [-0.05, 0) is 19.8 Å². The number of carbonyl (C=O) groups excluding carboxylic acids is 1. The average molecular weight is 457 g/mol. The third-order valence-corrected chi connectivity index (χ3v) is 7.15. The summed E-state index contributed by atoms with van der Waals surface area (Å²) < 4.78 is 2.05. The minimum atomic E-state index is 0.0819. The van der Waals surface area contributed by atoms with Crippen LogP contribution >= 0.6 is 23.1 Å². The quantitative estimate of drug-likeness (QED) is 0.459. The van der Waals surface area contributed by atoms with Crippen LogP contribution < -0.4 is 10.6 Å². The summed E-state index contributed by atoms with van der Waals surface area (Å²) in [6.07, 6.45) is 5.90. The zero-order valence-corrected chi connectivity index (χ0v) is 19.3. The van der Waals surface area contributed by atoms with E-state index in [0.717, 1.165) is 46.8 Å². The van der Waals surface area contributed by atoms with Gasteiger partial charge < -0.3 is 15.2 Å². The highest BCUT2D eigenvalue weighted by Crippen LogP contribution is 2.25. The molecule has 4 rings (SSSR count). The van der Waals surface area contributed by atoms with Crippen LogP contribution in [0.2, 0.25) is 0 Å². The van der Waals surface area contributed by atoms with E-state index in [9.17, 15) is 4.79 Å². The number of anilines is 1. The van der Waals surface area contributed by atoms with Gasteiger partial charge in [0.15, 0.2) is 16.1 Å².